The molecule has 0 bridgehead atoms. The Morgan fingerprint density at radius 3 is 2.61 bits per heavy atom. The summed E-state index contributed by atoms with van der Waals surface area (Å²) in [5, 5.41) is 11.7. The molecule has 7 heteroatoms. The fourth-order valence-corrected chi connectivity index (χ4v) is 3.48. The van der Waals surface area contributed by atoms with E-state index in [1.165, 1.54) is 0 Å². The second kappa shape index (κ2) is 8.39. The van der Waals surface area contributed by atoms with Crippen molar-refractivity contribution in [3.63, 3.8) is 0 Å². The van der Waals surface area contributed by atoms with Gasteiger partial charge < -0.3 is 10.6 Å². The molecule has 0 atom stereocenters. The van der Waals surface area contributed by atoms with Crippen LogP contribution in [-0.2, 0) is 16.6 Å². The van der Waals surface area contributed by atoms with Crippen molar-refractivity contribution in [2.45, 2.75) is 13.3 Å². The summed E-state index contributed by atoms with van der Waals surface area (Å²) in [7, 11) is 3.47. The first kappa shape index (κ1) is 20.3. The van der Waals surface area contributed by atoms with E-state index in [0.717, 1.165) is 27.5 Å². The lowest BCUT2D eigenvalue weighted by molar-refractivity contribution is -0.116. The van der Waals surface area contributed by atoms with Crippen LogP contribution in [0.2, 0.25) is 0 Å². The SMILES string of the molecule is CNC(=O)C1=C(C)CC=C(C(=O)Nc2cc3cc(-c4cnn(C)c4)ccc3cn2)C=C1. The summed E-state index contributed by atoms with van der Waals surface area (Å²) in [4.78, 5) is 29.2. The zero-order valence-corrected chi connectivity index (χ0v) is 17.6. The Kier molecular flexibility index (Phi) is 5.49. The van der Waals surface area contributed by atoms with Crippen LogP contribution in [0.4, 0.5) is 5.82 Å². The molecule has 0 unspecified atom stereocenters. The van der Waals surface area contributed by atoms with E-state index in [-0.39, 0.29) is 11.8 Å². The van der Waals surface area contributed by atoms with Crippen LogP contribution in [0, 0.1) is 0 Å². The van der Waals surface area contributed by atoms with Gasteiger partial charge in [0.25, 0.3) is 11.8 Å². The maximum Gasteiger partial charge on any atom is 0.256 e. The number of carbonyl (C=O) groups excluding carboxylic acids is 2. The predicted octanol–water partition coefficient (Wildman–Crippen LogP) is 3.52. The molecule has 1 aliphatic carbocycles. The molecule has 0 radical (unpaired) electrons. The zero-order chi connectivity index (χ0) is 22.0. The number of benzene rings is 1. The standard InChI is InChI=1S/C24H23N5O2/c1-15-4-5-16(8-9-21(15)24(31)25-2)23(30)28-22-11-19-10-17(6-7-18(19)12-26-22)20-13-27-29(3)14-20/h5-14H,4H2,1-3H3,(H,25,31)(H,26,28,30). The van der Waals surface area contributed by atoms with Crippen molar-refractivity contribution in [1.82, 2.24) is 20.1 Å². The first-order chi connectivity index (χ1) is 14.9. The minimum atomic E-state index is -0.266. The van der Waals surface area contributed by atoms with Gasteiger partial charge in [-0.15, -0.1) is 0 Å². The van der Waals surface area contributed by atoms with E-state index in [4.69, 9.17) is 0 Å². The lowest BCUT2D eigenvalue weighted by atomic mass is 10.0. The molecule has 2 amide bonds. The van der Waals surface area contributed by atoms with Crippen LogP contribution in [0.3, 0.4) is 0 Å². The number of hydrogen-bond acceptors (Lipinski definition) is 4. The van der Waals surface area contributed by atoms with Gasteiger partial charge in [0.1, 0.15) is 5.82 Å². The number of likely N-dealkylation sites (N-methyl/N-ethyl adjacent to an activating group) is 1. The Hall–Kier alpha value is -4.00. The number of fused-ring (bicyclic) bond motifs is 1. The Labute approximate surface area is 180 Å². The number of nitrogens with one attached hydrogen (secondary N) is 2. The largest absolute Gasteiger partial charge is 0.355 e. The number of pyridine rings is 1. The minimum absolute atomic E-state index is 0.163. The van der Waals surface area contributed by atoms with Gasteiger partial charge >= 0.3 is 0 Å². The Morgan fingerprint density at radius 2 is 1.87 bits per heavy atom. The highest BCUT2D eigenvalue weighted by Crippen LogP contribution is 2.25. The molecular formula is C24H23N5O2. The van der Waals surface area contributed by atoms with Crippen molar-refractivity contribution < 1.29 is 9.59 Å². The van der Waals surface area contributed by atoms with Gasteiger partial charge in [0, 0.05) is 48.6 Å². The summed E-state index contributed by atoms with van der Waals surface area (Å²) in [6.07, 6.45) is 11.2. The third kappa shape index (κ3) is 4.30. The quantitative estimate of drug-likeness (QED) is 0.685. The van der Waals surface area contributed by atoms with Crippen LogP contribution < -0.4 is 10.6 Å². The molecule has 0 aliphatic heterocycles. The van der Waals surface area contributed by atoms with Gasteiger partial charge in [0.15, 0.2) is 0 Å². The number of nitrogens with zero attached hydrogens (tertiary/aromatic N) is 3. The molecular weight excluding hydrogens is 390 g/mol. The van der Waals surface area contributed by atoms with Gasteiger partial charge in [-0.3, -0.25) is 14.3 Å². The summed E-state index contributed by atoms with van der Waals surface area (Å²) in [6, 6.07) is 7.94. The third-order valence-electron chi connectivity index (χ3n) is 5.25. The van der Waals surface area contributed by atoms with Crippen molar-refractivity contribution in [1.29, 1.82) is 0 Å². The molecule has 3 aromatic rings. The predicted molar refractivity (Wildman–Crippen MR) is 121 cm³/mol. The zero-order valence-electron chi connectivity index (χ0n) is 17.6. The van der Waals surface area contributed by atoms with E-state index in [1.54, 1.807) is 30.1 Å². The molecule has 4 rings (SSSR count). The molecule has 0 spiro atoms. The smallest absolute Gasteiger partial charge is 0.256 e. The Balaban J connectivity index is 1.55. The molecule has 7 nitrogen and oxygen atoms in total. The molecule has 2 N–H and O–H groups in total. The van der Waals surface area contributed by atoms with Crippen molar-refractivity contribution >= 4 is 28.4 Å². The summed E-state index contributed by atoms with van der Waals surface area (Å²) < 4.78 is 1.76. The summed E-state index contributed by atoms with van der Waals surface area (Å²) in [5.41, 5.74) is 4.04. The van der Waals surface area contributed by atoms with Crippen LogP contribution >= 0.6 is 0 Å². The molecule has 0 fully saturated rings. The van der Waals surface area contributed by atoms with E-state index in [2.05, 4.69) is 26.8 Å². The molecule has 2 aromatic heterocycles. The molecule has 1 aliphatic rings. The highest BCUT2D eigenvalue weighted by atomic mass is 16.2. The van der Waals surface area contributed by atoms with Crippen molar-refractivity contribution in [3.8, 4) is 11.1 Å². The second-order valence-electron chi connectivity index (χ2n) is 7.46. The van der Waals surface area contributed by atoms with Crippen LogP contribution in [0.5, 0.6) is 0 Å². The van der Waals surface area contributed by atoms with Crippen LogP contribution in [0.25, 0.3) is 21.9 Å². The average molecular weight is 413 g/mol. The highest BCUT2D eigenvalue weighted by Gasteiger charge is 2.15. The number of hydrogen-bond donors (Lipinski definition) is 2. The second-order valence-corrected chi connectivity index (χ2v) is 7.46. The van der Waals surface area contributed by atoms with Gasteiger partial charge in [0.05, 0.1) is 6.20 Å². The molecule has 0 saturated carbocycles. The van der Waals surface area contributed by atoms with E-state index in [1.807, 2.05) is 50.6 Å². The number of anilines is 1. The molecule has 1 aromatic carbocycles. The van der Waals surface area contributed by atoms with Gasteiger partial charge in [-0.2, -0.15) is 5.10 Å². The van der Waals surface area contributed by atoms with Crippen molar-refractivity contribution in [2.24, 2.45) is 7.05 Å². The number of aromatic nitrogens is 3. The number of allylic oxidation sites excluding steroid dienone is 2. The third-order valence-corrected chi connectivity index (χ3v) is 5.25. The van der Waals surface area contributed by atoms with Crippen molar-refractivity contribution in [2.75, 3.05) is 12.4 Å². The average Bonchev–Trinajstić information content (AvgIpc) is 3.11. The Bertz CT molecular complexity index is 1280. The number of aryl methyl sites for hydroxylation is 1. The van der Waals surface area contributed by atoms with Crippen LogP contribution in [0.1, 0.15) is 13.3 Å². The van der Waals surface area contributed by atoms with Gasteiger partial charge in [0.2, 0.25) is 0 Å². The monoisotopic (exact) mass is 413 g/mol. The normalized spacial score (nSPS) is 13.7. The molecule has 0 saturated heterocycles. The number of rotatable bonds is 4. The van der Waals surface area contributed by atoms with Gasteiger partial charge in [-0.05, 0) is 48.6 Å². The van der Waals surface area contributed by atoms with Gasteiger partial charge in [-0.1, -0.05) is 23.8 Å². The van der Waals surface area contributed by atoms with Crippen LogP contribution in [0.15, 0.2) is 77.8 Å². The van der Waals surface area contributed by atoms with Crippen molar-refractivity contribution in [3.05, 3.63) is 77.8 Å². The van der Waals surface area contributed by atoms with Crippen LogP contribution in [-0.4, -0.2) is 33.6 Å². The summed E-state index contributed by atoms with van der Waals surface area (Å²) >= 11 is 0. The topological polar surface area (TPSA) is 88.9 Å². The summed E-state index contributed by atoms with van der Waals surface area (Å²) in [6.45, 7) is 1.89. The number of amides is 2. The fourth-order valence-electron chi connectivity index (χ4n) is 3.48. The first-order valence-corrected chi connectivity index (χ1v) is 9.95. The van der Waals surface area contributed by atoms with Gasteiger partial charge in [-0.25, -0.2) is 4.98 Å². The Morgan fingerprint density at radius 1 is 1.03 bits per heavy atom. The summed E-state index contributed by atoms with van der Waals surface area (Å²) in [5.74, 6) is 0.0393. The highest BCUT2D eigenvalue weighted by molar-refractivity contribution is 6.07. The fraction of sp³-hybridized carbons (Fsp3) is 0.167. The lowest BCUT2D eigenvalue weighted by Gasteiger charge is -2.07. The van der Waals surface area contributed by atoms with E-state index < -0.39 is 0 Å². The van der Waals surface area contributed by atoms with E-state index >= 15 is 0 Å². The van der Waals surface area contributed by atoms with E-state index in [9.17, 15) is 9.59 Å². The molecule has 2 heterocycles. The lowest BCUT2D eigenvalue weighted by Crippen LogP contribution is -2.20. The minimum Gasteiger partial charge on any atom is -0.355 e. The molecule has 156 valence electrons. The maximum atomic E-state index is 12.8. The number of carbonyl (C=O) groups is 2. The maximum absolute atomic E-state index is 12.8. The van der Waals surface area contributed by atoms with E-state index in [0.29, 0.717) is 23.4 Å². The molecule has 31 heavy (non-hydrogen) atoms. The first-order valence-electron chi connectivity index (χ1n) is 9.95.